The third-order valence-electron chi connectivity index (χ3n) is 5.32. The molecule has 150 valence electrons. The quantitative estimate of drug-likeness (QED) is 0.765. The molecule has 0 spiro atoms. The van der Waals surface area contributed by atoms with Gasteiger partial charge < -0.3 is 4.90 Å². The Bertz CT molecular complexity index is 891. The molecule has 5 nitrogen and oxygen atoms in total. The topological polar surface area (TPSA) is 66.5 Å². The van der Waals surface area contributed by atoms with E-state index in [4.69, 9.17) is 0 Å². The van der Waals surface area contributed by atoms with Crippen LogP contribution in [0.15, 0.2) is 59.5 Å². The number of hydrogen-bond donors (Lipinski definition) is 1. The van der Waals surface area contributed by atoms with Crippen molar-refractivity contribution >= 4 is 15.9 Å². The van der Waals surface area contributed by atoms with Gasteiger partial charge >= 0.3 is 0 Å². The summed E-state index contributed by atoms with van der Waals surface area (Å²) in [5, 5.41) is 0. The zero-order valence-corrected chi connectivity index (χ0v) is 17.1. The van der Waals surface area contributed by atoms with Crippen molar-refractivity contribution < 1.29 is 13.2 Å². The maximum Gasteiger partial charge on any atom is 0.254 e. The minimum absolute atomic E-state index is 0.0884. The van der Waals surface area contributed by atoms with E-state index in [2.05, 4.69) is 4.72 Å². The monoisotopic (exact) mass is 400 g/mol. The summed E-state index contributed by atoms with van der Waals surface area (Å²) in [6, 6.07) is 16.0. The maximum atomic E-state index is 13.0. The van der Waals surface area contributed by atoms with Gasteiger partial charge in [0, 0.05) is 24.7 Å². The zero-order chi connectivity index (χ0) is 20.0. The van der Waals surface area contributed by atoms with Crippen LogP contribution >= 0.6 is 0 Å². The third kappa shape index (κ3) is 5.00. The minimum Gasteiger partial charge on any atom is -0.336 e. The Morgan fingerprint density at radius 2 is 1.75 bits per heavy atom. The lowest BCUT2D eigenvalue weighted by molar-refractivity contribution is 0.0647. The van der Waals surface area contributed by atoms with E-state index in [0.717, 1.165) is 31.2 Å². The second-order valence-electron chi connectivity index (χ2n) is 7.22. The number of amides is 1. The van der Waals surface area contributed by atoms with Crippen molar-refractivity contribution in [2.24, 2.45) is 0 Å². The molecule has 1 fully saturated rings. The second-order valence-corrected chi connectivity index (χ2v) is 8.99. The van der Waals surface area contributed by atoms with Crippen molar-refractivity contribution in [2.75, 3.05) is 6.54 Å². The summed E-state index contributed by atoms with van der Waals surface area (Å²) in [6.07, 6.45) is 5.56. The molecule has 1 aliphatic rings. The normalized spacial score (nSPS) is 15.3. The van der Waals surface area contributed by atoms with E-state index in [1.54, 1.807) is 12.1 Å². The summed E-state index contributed by atoms with van der Waals surface area (Å²) in [5.74, 6) is -0.0884. The average molecular weight is 401 g/mol. The van der Waals surface area contributed by atoms with Gasteiger partial charge in [-0.3, -0.25) is 4.79 Å². The molecule has 0 unspecified atom stereocenters. The van der Waals surface area contributed by atoms with Crippen molar-refractivity contribution in [1.29, 1.82) is 0 Å². The molecule has 1 N–H and O–H groups in total. The molecule has 0 radical (unpaired) electrons. The highest BCUT2D eigenvalue weighted by molar-refractivity contribution is 7.89. The molecule has 6 heteroatoms. The van der Waals surface area contributed by atoms with E-state index in [1.807, 2.05) is 42.2 Å². The minimum atomic E-state index is -3.69. The average Bonchev–Trinajstić information content (AvgIpc) is 2.74. The molecule has 0 bridgehead atoms. The van der Waals surface area contributed by atoms with Crippen LogP contribution in [0.25, 0.3) is 0 Å². The van der Waals surface area contributed by atoms with Crippen LogP contribution in [-0.2, 0) is 16.6 Å². The predicted molar refractivity (Wildman–Crippen MR) is 110 cm³/mol. The van der Waals surface area contributed by atoms with Gasteiger partial charge in [0.05, 0.1) is 4.90 Å². The van der Waals surface area contributed by atoms with E-state index < -0.39 is 10.0 Å². The number of carbonyl (C=O) groups excluding carboxylic acids is 1. The van der Waals surface area contributed by atoms with E-state index >= 15 is 0 Å². The van der Waals surface area contributed by atoms with Gasteiger partial charge in [0.1, 0.15) is 0 Å². The smallest absolute Gasteiger partial charge is 0.254 e. The first-order valence-corrected chi connectivity index (χ1v) is 11.4. The molecule has 0 aromatic heterocycles. The fourth-order valence-corrected chi connectivity index (χ4v) is 4.84. The van der Waals surface area contributed by atoms with Crippen LogP contribution < -0.4 is 4.72 Å². The molecule has 2 aromatic rings. The van der Waals surface area contributed by atoms with Crippen LogP contribution in [0.4, 0.5) is 0 Å². The van der Waals surface area contributed by atoms with Crippen LogP contribution in [-0.4, -0.2) is 31.8 Å². The molecular formula is C22H28N2O3S. The molecule has 1 amide bonds. The number of nitrogens with zero attached hydrogens (tertiary/aromatic N) is 1. The first-order valence-electron chi connectivity index (χ1n) is 9.96. The van der Waals surface area contributed by atoms with Crippen molar-refractivity contribution in [3.8, 4) is 0 Å². The molecule has 0 saturated heterocycles. The summed E-state index contributed by atoms with van der Waals surface area (Å²) in [4.78, 5) is 15.1. The Labute approximate surface area is 167 Å². The number of benzene rings is 2. The standard InChI is InChI=1S/C22H28N2O3S/c1-2-24(20-13-7-4-8-14-20)22(25)19-12-9-15-21(16-19)28(26,27)23-17-18-10-5-3-6-11-18/h3,5-6,9-12,15-16,20,23H,2,4,7-8,13-14,17H2,1H3. The number of hydrogen-bond acceptors (Lipinski definition) is 3. The maximum absolute atomic E-state index is 13.0. The first kappa shape index (κ1) is 20.6. The van der Waals surface area contributed by atoms with Gasteiger partial charge in [-0.15, -0.1) is 0 Å². The Hall–Kier alpha value is -2.18. The van der Waals surface area contributed by atoms with Crippen LogP contribution in [0.2, 0.25) is 0 Å². The highest BCUT2D eigenvalue weighted by atomic mass is 32.2. The van der Waals surface area contributed by atoms with Gasteiger partial charge in [0.25, 0.3) is 5.91 Å². The van der Waals surface area contributed by atoms with Gasteiger partial charge in [-0.2, -0.15) is 0 Å². The van der Waals surface area contributed by atoms with Crippen LogP contribution in [0, 0.1) is 0 Å². The molecule has 1 saturated carbocycles. The number of nitrogens with one attached hydrogen (secondary N) is 1. The Morgan fingerprint density at radius 3 is 2.43 bits per heavy atom. The van der Waals surface area contributed by atoms with Gasteiger partial charge in [0.2, 0.25) is 10.0 Å². The van der Waals surface area contributed by atoms with E-state index in [9.17, 15) is 13.2 Å². The molecule has 0 heterocycles. The Balaban J connectivity index is 1.75. The van der Waals surface area contributed by atoms with Crippen molar-refractivity contribution in [3.63, 3.8) is 0 Å². The molecular weight excluding hydrogens is 372 g/mol. The zero-order valence-electron chi connectivity index (χ0n) is 16.3. The van der Waals surface area contributed by atoms with Crippen molar-refractivity contribution in [3.05, 3.63) is 65.7 Å². The van der Waals surface area contributed by atoms with Gasteiger partial charge in [-0.05, 0) is 43.5 Å². The first-order chi connectivity index (χ1) is 13.5. The SMILES string of the molecule is CCN(C(=O)c1cccc(S(=O)(=O)NCc2ccccc2)c1)C1CCCCC1. The summed E-state index contributed by atoms with van der Waals surface area (Å²) in [5.41, 5.74) is 1.31. The Morgan fingerprint density at radius 1 is 1.04 bits per heavy atom. The lowest BCUT2D eigenvalue weighted by Crippen LogP contribution is -2.41. The molecule has 2 aromatic carbocycles. The number of carbonyl (C=O) groups is 1. The Kier molecular flexibility index (Phi) is 6.86. The van der Waals surface area contributed by atoms with Crippen LogP contribution in [0.3, 0.4) is 0 Å². The predicted octanol–water partition coefficient (Wildman–Crippen LogP) is 3.96. The van der Waals surface area contributed by atoms with Gasteiger partial charge in [-0.1, -0.05) is 55.7 Å². The summed E-state index contributed by atoms with van der Waals surface area (Å²) in [7, 11) is -3.69. The van der Waals surface area contributed by atoms with E-state index in [1.165, 1.54) is 18.6 Å². The lowest BCUT2D eigenvalue weighted by Gasteiger charge is -2.33. The summed E-state index contributed by atoms with van der Waals surface area (Å²) >= 11 is 0. The lowest BCUT2D eigenvalue weighted by atomic mass is 9.93. The molecule has 3 rings (SSSR count). The van der Waals surface area contributed by atoms with Crippen LogP contribution in [0.5, 0.6) is 0 Å². The molecule has 0 atom stereocenters. The van der Waals surface area contributed by atoms with Gasteiger partial charge in [-0.25, -0.2) is 13.1 Å². The fraction of sp³-hybridized carbons (Fsp3) is 0.409. The van der Waals surface area contributed by atoms with Crippen LogP contribution in [0.1, 0.15) is 54.9 Å². The van der Waals surface area contributed by atoms with E-state index in [0.29, 0.717) is 12.1 Å². The third-order valence-corrected chi connectivity index (χ3v) is 6.72. The number of sulfonamides is 1. The second kappa shape index (κ2) is 9.34. The molecule has 1 aliphatic carbocycles. The highest BCUT2D eigenvalue weighted by Gasteiger charge is 2.26. The highest BCUT2D eigenvalue weighted by Crippen LogP contribution is 2.24. The molecule has 0 aliphatic heterocycles. The van der Waals surface area contributed by atoms with Crippen molar-refractivity contribution in [1.82, 2.24) is 9.62 Å². The summed E-state index contributed by atoms with van der Waals surface area (Å²) in [6.45, 7) is 2.83. The van der Waals surface area contributed by atoms with Gasteiger partial charge in [0.15, 0.2) is 0 Å². The van der Waals surface area contributed by atoms with E-state index in [-0.39, 0.29) is 23.4 Å². The summed E-state index contributed by atoms with van der Waals surface area (Å²) < 4.78 is 28.0. The largest absolute Gasteiger partial charge is 0.336 e. The molecule has 28 heavy (non-hydrogen) atoms. The fourth-order valence-electron chi connectivity index (χ4n) is 3.78. The number of rotatable bonds is 7. The van der Waals surface area contributed by atoms with Crippen molar-refractivity contribution in [2.45, 2.75) is 56.5 Å².